The van der Waals surface area contributed by atoms with E-state index in [1.165, 1.54) is 64.3 Å². The molecule has 3 fully saturated rings. The lowest BCUT2D eigenvalue weighted by atomic mass is 9.68. The number of esters is 1. The number of ether oxygens (including phenoxy) is 1. The highest BCUT2D eigenvalue weighted by Gasteiger charge is 2.45. The van der Waals surface area contributed by atoms with Gasteiger partial charge in [-0.25, -0.2) is 4.79 Å². The largest absolute Gasteiger partial charge is 0.465 e. The number of hydrogen-bond donors (Lipinski definition) is 0. The zero-order chi connectivity index (χ0) is 19.1. The number of benzene rings is 1. The first-order valence-corrected chi connectivity index (χ1v) is 11.1. The molecule has 4 nitrogen and oxygen atoms in total. The van der Waals surface area contributed by atoms with E-state index in [1.54, 1.807) is 5.57 Å². The highest BCUT2D eigenvalue weighted by atomic mass is 35.5. The van der Waals surface area contributed by atoms with E-state index in [2.05, 4.69) is 21.9 Å². The van der Waals surface area contributed by atoms with E-state index in [1.807, 2.05) is 18.2 Å². The average Bonchev–Trinajstić information content (AvgIpc) is 2.73. The summed E-state index contributed by atoms with van der Waals surface area (Å²) in [5, 5.41) is 0. The van der Waals surface area contributed by atoms with Crippen LogP contribution in [0.5, 0.6) is 0 Å². The summed E-state index contributed by atoms with van der Waals surface area (Å²) in [5.74, 6) is 1.31. The van der Waals surface area contributed by atoms with Gasteiger partial charge >= 0.3 is 5.97 Å². The van der Waals surface area contributed by atoms with Crippen molar-refractivity contribution < 1.29 is 9.53 Å². The van der Waals surface area contributed by atoms with Crippen LogP contribution in [-0.2, 0) is 11.3 Å². The molecule has 3 aliphatic heterocycles. The van der Waals surface area contributed by atoms with Crippen LogP contribution in [0.3, 0.4) is 0 Å². The van der Waals surface area contributed by atoms with E-state index in [0.29, 0.717) is 11.6 Å². The summed E-state index contributed by atoms with van der Waals surface area (Å²) in [4.78, 5) is 17.4. The van der Waals surface area contributed by atoms with Crippen molar-refractivity contribution in [3.8, 4) is 0 Å². The van der Waals surface area contributed by atoms with E-state index in [9.17, 15) is 4.79 Å². The minimum atomic E-state index is -0.245. The number of carbonyl (C=O) groups excluding carboxylic acids is 1. The number of carbonyl (C=O) groups is 1. The second kappa shape index (κ2) is 8.79. The number of halogens is 1. The number of nitrogens with zero attached hydrogens (tertiary/aromatic N) is 2. The van der Waals surface area contributed by atoms with Crippen LogP contribution >= 0.6 is 12.4 Å². The molecule has 0 saturated carbocycles. The molecule has 2 unspecified atom stereocenters. The maximum absolute atomic E-state index is 11.9. The summed E-state index contributed by atoms with van der Waals surface area (Å²) in [5.41, 5.74) is 3.59. The molecule has 29 heavy (non-hydrogen) atoms. The minimum Gasteiger partial charge on any atom is -0.465 e. The molecule has 3 saturated heterocycles. The van der Waals surface area contributed by atoms with Gasteiger partial charge < -0.3 is 4.74 Å². The van der Waals surface area contributed by atoms with Crippen molar-refractivity contribution in [3.63, 3.8) is 0 Å². The van der Waals surface area contributed by atoms with Crippen molar-refractivity contribution >= 4 is 18.4 Å². The van der Waals surface area contributed by atoms with Crippen molar-refractivity contribution in [3.05, 3.63) is 47.0 Å². The molecule has 2 bridgehead atoms. The topological polar surface area (TPSA) is 32.8 Å². The Hall–Kier alpha value is -1.36. The van der Waals surface area contributed by atoms with Crippen LogP contribution in [0.25, 0.3) is 0 Å². The van der Waals surface area contributed by atoms with E-state index in [4.69, 9.17) is 4.74 Å². The molecule has 158 valence electrons. The zero-order valence-electron chi connectivity index (χ0n) is 17.4. The van der Waals surface area contributed by atoms with Gasteiger partial charge in [0.05, 0.1) is 12.7 Å². The maximum Gasteiger partial charge on any atom is 0.337 e. The Morgan fingerprint density at radius 3 is 2.97 bits per heavy atom. The first kappa shape index (κ1) is 20.9. The lowest BCUT2D eigenvalue weighted by molar-refractivity contribution is -0.00265. The van der Waals surface area contributed by atoms with E-state index < -0.39 is 0 Å². The summed E-state index contributed by atoms with van der Waals surface area (Å²) < 4.78 is 4.90. The van der Waals surface area contributed by atoms with Gasteiger partial charge in [0.2, 0.25) is 0 Å². The molecule has 5 rings (SSSR count). The van der Waals surface area contributed by atoms with Crippen LogP contribution in [0.2, 0.25) is 0 Å². The Bertz CT molecular complexity index is 780. The third-order valence-electron chi connectivity index (χ3n) is 7.49. The summed E-state index contributed by atoms with van der Waals surface area (Å²) >= 11 is 0. The van der Waals surface area contributed by atoms with Crippen LogP contribution in [0.15, 0.2) is 35.9 Å². The molecule has 4 atom stereocenters. The second-order valence-electron chi connectivity index (χ2n) is 9.17. The fourth-order valence-electron chi connectivity index (χ4n) is 6.41. The molecule has 0 radical (unpaired) electrons. The smallest absolute Gasteiger partial charge is 0.337 e. The number of fused-ring (bicyclic) bond motifs is 6. The second-order valence-corrected chi connectivity index (χ2v) is 9.17. The van der Waals surface area contributed by atoms with Crippen molar-refractivity contribution in [2.24, 2.45) is 11.8 Å². The summed E-state index contributed by atoms with van der Waals surface area (Å²) in [6, 6.07) is 9.40. The van der Waals surface area contributed by atoms with Gasteiger partial charge in [0, 0.05) is 25.2 Å². The van der Waals surface area contributed by atoms with Crippen LogP contribution in [-0.4, -0.2) is 54.6 Å². The Kier molecular flexibility index (Phi) is 6.33. The zero-order valence-corrected chi connectivity index (χ0v) is 18.2. The van der Waals surface area contributed by atoms with Crippen molar-refractivity contribution in [1.29, 1.82) is 0 Å². The predicted molar refractivity (Wildman–Crippen MR) is 117 cm³/mol. The maximum atomic E-state index is 11.9. The molecular formula is C24H33ClN2O2. The number of piperidine rings is 3. The molecule has 0 aromatic heterocycles. The molecule has 1 aliphatic carbocycles. The molecule has 1 aromatic carbocycles. The van der Waals surface area contributed by atoms with Gasteiger partial charge in [0.25, 0.3) is 0 Å². The first-order chi connectivity index (χ1) is 13.7. The van der Waals surface area contributed by atoms with Gasteiger partial charge in [-0.3, -0.25) is 9.80 Å². The molecule has 0 N–H and O–H groups in total. The quantitative estimate of drug-likeness (QED) is 0.543. The summed E-state index contributed by atoms with van der Waals surface area (Å²) in [7, 11) is 1.45. The van der Waals surface area contributed by atoms with E-state index in [0.717, 1.165) is 31.0 Å². The van der Waals surface area contributed by atoms with Gasteiger partial charge in [0.15, 0.2) is 0 Å². The SMILES string of the molecule is COC(=O)c1cccc(CN2CCCC3=CC4CC(CN5CCCC[C@H]45)[C@@H]32)c1.Cl. The van der Waals surface area contributed by atoms with E-state index >= 15 is 0 Å². The minimum absolute atomic E-state index is 0. The monoisotopic (exact) mass is 416 g/mol. The number of methoxy groups -OCH3 is 1. The van der Waals surface area contributed by atoms with Gasteiger partial charge in [-0.2, -0.15) is 0 Å². The van der Waals surface area contributed by atoms with Crippen LogP contribution in [0, 0.1) is 11.8 Å². The fraction of sp³-hybridized carbons (Fsp3) is 0.625. The Labute approximate surface area is 180 Å². The van der Waals surface area contributed by atoms with Gasteiger partial charge in [0.1, 0.15) is 0 Å². The van der Waals surface area contributed by atoms with Crippen LogP contribution in [0.1, 0.15) is 54.4 Å². The first-order valence-electron chi connectivity index (χ1n) is 11.1. The lowest BCUT2D eigenvalue weighted by Gasteiger charge is -2.54. The van der Waals surface area contributed by atoms with Crippen molar-refractivity contribution in [2.45, 2.75) is 57.2 Å². The normalized spacial score (nSPS) is 31.7. The van der Waals surface area contributed by atoms with E-state index in [-0.39, 0.29) is 18.4 Å². The summed E-state index contributed by atoms with van der Waals surface area (Å²) in [6.45, 7) is 4.67. The number of rotatable bonds is 3. The predicted octanol–water partition coefficient (Wildman–Crippen LogP) is 4.29. The van der Waals surface area contributed by atoms with Crippen molar-refractivity contribution in [2.75, 3.05) is 26.7 Å². The van der Waals surface area contributed by atoms with Gasteiger partial charge in [-0.05, 0) is 74.7 Å². The third-order valence-corrected chi connectivity index (χ3v) is 7.49. The molecular weight excluding hydrogens is 384 g/mol. The Balaban J connectivity index is 0.00000205. The lowest BCUT2D eigenvalue weighted by Crippen LogP contribution is -2.58. The Morgan fingerprint density at radius 2 is 2.10 bits per heavy atom. The third kappa shape index (κ3) is 3.99. The molecule has 4 aliphatic rings. The number of likely N-dealkylation sites (tertiary alicyclic amines) is 1. The highest BCUT2D eigenvalue weighted by Crippen LogP contribution is 2.45. The molecule has 0 amide bonds. The van der Waals surface area contributed by atoms with Gasteiger partial charge in [-0.15, -0.1) is 12.4 Å². The highest BCUT2D eigenvalue weighted by molar-refractivity contribution is 5.89. The van der Waals surface area contributed by atoms with Crippen LogP contribution in [0.4, 0.5) is 0 Å². The number of hydrogen-bond acceptors (Lipinski definition) is 4. The van der Waals surface area contributed by atoms with Gasteiger partial charge in [-0.1, -0.05) is 30.2 Å². The molecule has 1 aromatic rings. The van der Waals surface area contributed by atoms with Crippen molar-refractivity contribution in [1.82, 2.24) is 9.80 Å². The fourth-order valence-corrected chi connectivity index (χ4v) is 6.41. The molecule has 0 spiro atoms. The Morgan fingerprint density at radius 1 is 1.21 bits per heavy atom. The standard InChI is InChI=1S/C24H32N2O2.ClH/c1-28-24(27)19-7-4-6-17(12-19)15-26-11-5-8-18-13-20-14-21(23(18)26)16-25-10-3-2-9-22(20)25;/h4,6-7,12-13,20-23H,2-3,5,8-11,14-16H2,1H3;1H/t20?,21?,22-,23-;/m1./s1. The molecule has 5 heteroatoms. The van der Waals surface area contributed by atoms with Crippen LogP contribution < -0.4 is 0 Å². The molecule has 3 heterocycles. The summed E-state index contributed by atoms with van der Waals surface area (Å²) in [6.07, 6.45) is 10.8. The average molecular weight is 417 g/mol.